The van der Waals surface area contributed by atoms with Gasteiger partial charge in [-0.25, -0.2) is 0 Å². The lowest BCUT2D eigenvalue weighted by Gasteiger charge is -2.19. The van der Waals surface area contributed by atoms with E-state index in [-0.39, 0.29) is 5.56 Å². The van der Waals surface area contributed by atoms with Crippen molar-refractivity contribution in [3.63, 3.8) is 0 Å². The van der Waals surface area contributed by atoms with Crippen molar-refractivity contribution in [3.05, 3.63) is 23.8 Å². The van der Waals surface area contributed by atoms with Gasteiger partial charge in [-0.1, -0.05) is 6.07 Å². The molecule has 0 bridgehead atoms. The second kappa shape index (κ2) is 5.27. The minimum absolute atomic E-state index is 0.231. The fourth-order valence-corrected chi connectivity index (χ4v) is 1.60. The number of rotatable bonds is 4. The third kappa shape index (κ3) is 3.52. The van der Waals surface area contributed by atoms with Crippen LogP contribution in [0.15, 0.2) is 18.2 Å². The summed E-state index contributed by atoms with van der Waals surface area (Å²) in [5, 5.41) is 0. The van der Waals surface area contributed by atoms with E-state index in [9.17, 15) is 13.2 Å². The standard InChI is InChI=1S/C11H14F3NO2/c1-16-8-4-3-5-9(17-2)10(8)7(15)6-11(12,13)14/h3-5,7H,6,15H2,1-2H3/t7-/m0/s1. The van der Waals surface area contributed by atoms with E-state index < -0.39 is 18.6 Å². The third-order valence-electron chi connectivity index (χ3n) is 2.29. The van der Waals surface area contributed by atoms with Crippen LogP contribution in [0.3, 0.4) is 0 Å². The zero-order chi connectivity index (χ0) is 13.1. The number of halogens is 3. The molecular formula is C11H14F3NO2. The molecule has 96 valence electrons. The molecule has 2 N–H and O–H groups in total. The molecule has 1 aromatic carbocycles. The predicted octanol–water partition coefficient (Wildman–Crippen LogP) is 2.66. The Kier molecular flexibility index (Phi) is 4.22. The third-order valence-corrected chi connectivity index (χ3v) is 2.29. The van der Waals surface area contributed by atoms with E-state index in [0.717, 1.165) is 0 Å². The summed E-state index contributed by atoms with van der Waals surface area (Å²) in [6.07, 6.45) is -5.45. The highest BCUT2D eigenvalue weighted by atomic mass is 19.4. The normalized spacial score (nSPS) is 13.3. The van der Waals surface area contributed by atoms with Crippen molar-refractivity contribution >= 4 is 0 Å². The zero-order valence-electron chi connectivity index (χ0n) is 9.54. The van der Waals surface area contributed by atoms with Crippen molar-refractivity contribution in [3.8, 4) is 11.5 Å². The Morgan fingerprint density at radius 3 is 2.00 bits per heavy atom. The maximum absolute atomic E-state index is 12.3. The number of methoxy groups -OCH3 is 2. The molecule has 0 aromatic heterocycles. The summed E-state index contributed by atoms with van der Waals surface area (Å²) in [5.74, 6) is 0.585. The van der Waals surface area contributed by atoms with Crippen LogP contribution < -0.4 is 15.2 Å². The Morgan fingerprint density at radius 1 is 1.18 bits per heavy atom. The van der Waals surface area contributed by atoms with Gasteiger partial charge in [-0.3, -0.25) is 0 Å². The molecule has 0 amide bonds. The van der Waals surface area contributed by atoms with Gasteiger partial charge in [0.2, 0.25) is 0 Å². The van der Waals surface area contributed by atoms with Gasteiger partial charge in [0.25, 0.3) is 0 Å². The summed E-state index contributed by atoms with van der Waals surface area (Å²) < 4.78 is 46.9. The van der Waals surface area contributed by atoms with Crippen LogP contribution in [0.4, 0.5) is 13.2 Å². The average molecular weight is 249 g/mol. The largest absolute Gasteiger partial charge is 0.496 e. The van der Waals surface area contributed by atoms with Crippen LogP contribution >= 0.6 is 0 Å². The van der Waals surface area contributed by atoms with E-state index >= 15 is 0 Å². The van der Waals surface area contributed by atoms with Gasteiger partial charge in [0.05, 0.1) is 26.2 Å². The summed E-state index contributed by atoms with van der Waals surface area (Å²) in [5.41, 5.74) is 5.79. The van der Waals surface area contributed by atoms with Gasteiger partial charge >= 0.3 is 6.18 Å². The highest BCUT2D eigenvalue weighted by Gasteiger charge is 2.33. The summed E-state index contributed by atoms with van der Waals surface area (Å²) in [7, 11) is 2.75. The second-order valence-corrected chi connectivity index (χ2v) is 3.50. The van der Waals surface area contributed by atoms with Crippen molar-refractivity contribution in [2.45, 2.75) is 18.6 Å². The van der Waals surface area contributed by atoms with E-state index in [1.54, 1.807) is 18.2 Å². The average Bonchev–Trinajstić information content (AvgIpc) is 2.25. The molecule has 0 unspecified atom stereocenters. The minimum atomic E-state index is -4.33. The molecule has 17 heavy (non-hydrogen) atoms. The second-order valence-electron chi connectivity index (χ2n) is 3.50. The Labute approximate surface area is 97.3 Å². The molecule has 0 saturated carbocycles. The molecule has 0 radical (unpaired) electrons. The number of benzene rings is 1. The van der Waals surface area contributed by atoms with E-state index in [4.69, 9.17) is 15.2 Å². The van der Waals surface area contributed by atoms with Crippen molar-refractivity contribution in [2.75, 3.05) is 14.2 Å². The molecule has 0 saturated heterocycles. The van der Waals surface area contributed by atoms with Gasteiger partial charge in [-0.15, -0.1) is 0 Å². The number of alkyl halides is 3. The first-order valence-electron chi connectivity index (χ1n) is 4.92. The fourth-order valence-electron chi connectivity index (χ4n) is 1.60. The lowest BCUT2D eigenvalue weighted by molar-refractivity contribution is -0.138. The number of hydrogen-bond acceptors (Lipinski definition) is 3. The molecule has 0 heterocycles. The first kappa shape index (κ1) is 13.6. The Morgan fingerprint density at radius 2 is 1.65 bits per heavy atom. The van der Waals surface area contributed by atoms with Gasteiger partial charge in [-0.2, -0.15) is 13.2 Å². The van der Waals surface area contributed by atoms with Crippen molar-refractivity contribution in [2.24, 2.45) is 5.73 Å². The fraction of sp³-hybridized carbons (Fsp3) is 0.455. The topological polar surface area (TPSA) is 44.5 Å². The number of hydrogen-bond donors (Lipinski definition) is 1. The Balaban J connectivity index is 3.09. The minimum Gasteiger partial charge on any atom is -0.496 e. The van der Waals surface area contributed by atoms with Crippen molar-refractivity contribution in [1.82, 2.24) is 0 Å². The van der Waals surface area contributed by atoms with Crippen LogP contribution in [0.5, 0.6) is 11.5 Å². The molecule has 1 aromatic rings. The summed E-state index contributed by atoms with van der Waals surface area (Å²) in [4.78, 5) is 0. The molecule has 1 rings (SSSR count). The molecule has 3 nitrogen and oxygen atoms in total. The Bertz CT molecular complexity index is 357. The summed E-state index contributed by atoms with van der Waals surface area (Å²) in [6.45, 7) is 0. The van der Waals surface area contributed by atoms with Gasteiger partial charge in [0.15, 0.2) is 0 Å². The molecule has 1 atom stereocenters. The van der Waals surface area contributed by atoms with Crippen LogP contribution in [-0.4, -0.2) is 20.4 Å². The maximum Gasteiger partial charge on any atom is 0.390 e. The van der Waals surface area contributed by atoms with Crippen molar-refractivity contribution in [1.29, 1.82) is 0 Å². The van der Waals surface area contributed by atoms with Crippen LogP contribution in [0.1, 0.15) is 18.0 Å². The van der Waals surface area contributed by atoms with Gasteiger partial charge in [0, 0.05) is 6.04 Å². The molecule has 0 aliphatic rings. The molecule has 6 heteroatoms. The quantitative estimate of drug-likeness (QED) is 0.892. The van der Waals surface area contributed by atoms with E-state index in [1.807, 2.05) is 0 Å². The molecule has 0 aliphatic heterocycles. The van der Waals surface area contributed by atoms with Crippen molar-refractivity contribution < 1.29 is 22.6 Å². The van der Waals surface area contributed by atoms with Crippen LogP contribution in [0.2, 0.25) is 0 Å². The maximum atomic E-state index is 12.3. The van der Waals surface area contributed by atoms with Gasteiger partial charge in [0.1, 0.15) is 11.5 Å². The lowest BCUT2D eigenvalue weighted by atomic mass is 10.0. The van der Waals surface area contributed by atoms with E-state index in [1.165, 1.54) is 14.2 Å². The molecule has 0 spiro atoms. The van der Waals surface area contributed by atoms with E-state index in [0.29, 0.717) is 11.5 Å². The monoisotopic (exact) mass is 249 g/mol. The smallest absolute Gasteiger partial charge is 0.390 e. The first-order valence-corrected chi connectivity index (χ1v) is 4.92. The summed E-state index contributed by atoms with van der Waals surface area (Å²) in [6, 6.07) is 3.52. The number of ether oxygens (including phenoxy) is 2. The molecule has 0 fully saturated rings. The lowest BCUT2D eigenvalue weighted by Crippen LogP contribution is -2.21. The molecular weight excluding hydrogens is 235 g/mol. The van der Waals surface area contributed by atoms with Crippen LogP contribution in [0, 0.1) is 0 Å². The predicted molar refractivity (Wildman–Crippen MR) is 57.1 cm³/mol. The van der Waals surface area contributed by atoms with Gasteiger partial charge < -0.3 is 15.2 Å². The van der Waals surface area contributed by atoms with E-state index in [2.05, 4.69) is 0 Å². The highest BCUT2D eigenvalue weighted by Crippen LogP contribution is 2.37. The zero-order valence-corrected chi connectivity index (χ0v) is 9.54. The van der Waals surface area contributed by atoms with Gasteiger partial charge in [-0.05, 0) is 12.1 Å². The summed E-state index contributed by atoms with van der Waals surface area (Å²) >= 11 is 0. The first-order chi connectivity index (χ1) is 7.89. The number of nitrogens with two attached hydrogens (primary N) is 1. The van der Waals surface area contributed by atoms with Crippen LogP contribution in [0.25, 0.3) is 0 Å². The highest BCUT2D eigenvalue weighted by molar-refractivity contribution is 5.46. The SMILES string of the molecule is COc1cccc(OC)c1[C@@H](N)CC(F)(F)F. The Hall–Kier alpha value is -1.43. The van der Waals surface area contributed by atoms with Crippen LogP contribution in [-0.2, 0) is 0 Å². The molecule has 0 aliphatic carbocycles.